The summed E-state index contributed by atoms with van der Waals surface area (Å²) in [5.41, 5.74) is 0. The number of hydrogen-bond donors (Lipinski definition) is 0. The van der Waals surface area contributed by atoms with Gasteiger partial charge < -0.3 is 0 Å². The van der Waals surface area contributed by atoms with Gasteiger partial charge in [-0.2, -0.15) is 0 Å². The molecule has 0 heterocycles. The molecule has 0 fully saturated rings. The largest absolute Gasteiger partial charge is 0.232 e. The maximum Gasteiger partial charge on any atom is 0.0585 e. The van der Waals surface area contributed by atoms with Crippen LogP contribution >= 0.6 is 24.0 Å². The van der Waals surface area contributed by atoms with Crippen LogP contribution in [-0.4, -0.2) is 18.0 Å². The Labute approximate surface area is 65.3 Å². The maximum absolute atomic E-state index is 4.38. The van der Waals surface area contributed by atoms with E-state index in [2.05, 4.69) is 28.4 Å². The molecule has 0 aliphatic carbocycles. The molecule has 0 aromatic rings. The molecule has 1 nitrogen and oxygen atoms in total. The fraction of sp³-hybridized carbons (Fsp3) is 0.500. The minimum absolute atomic E-state index is 0.764. The number of rotatable bonds is 4. The highest BCUT2D eigenvalue weighted by Gasteiger charge is 1.73. The van der Waals surface area contributed by atoms with Gasteiger partial charge in [-0.3, -0.25) is 0 Å². The van der Waals surface area contributed by atoms with E-state index in [9.17, 15) is 0 Å². The molecule has 0 atom stereocenters. The molecule has 0 aliphatic rings. The minimum atomic E-state index is 0.764. The van der Waals surface area contributed by atoms with Crippen LogP contribution in [0.1, 0.15) is 6.42 Å². The Morgan fingerprint density at radius 3 is 3.11 bits per heavy atom. The summed E-state index contributed by atoms with van der Waals surface area (Å²) in [6, 6.07) is 0. The monoisotopic (exact) mass is 159 g/mol. The van der Waals surface area contributed by atoms with E-state index in [-0.39, 0.29) is 0 Å². The summed E-state index contributed by atoms with van der Waals surface area (Å²) in [5.74, 6) is 0. The molecule has 0 N–H and O–H groups in total. The van der Waals surface area contributed by atoms with Crippen molar-refractivity contribution in [2.24, 2.45) is 4.99 Å². The van der Waals surface area contributed by atoms with Gasteiger partial charge in [0.05, 0.1) is 11.7 Å². The number of thiocarbonyl (C=S) groups is 1. The Kier molecular flexibility index (Phi) is 7.79. The SMILES string of the molecule is CS/C=C/CCN=C=S. The average molecular weight is 159 g/mol. The fourth-order valence-electron chi connectivity index (χ4n) is 0.349. The molecule has 0 bridgehead atoms. The average Bonchev–Trinajstić information content (AvgIpc) is 1.89. The highest BCUT2D eigenvalue weighted by molar-refractivity contribution is 8.01. The zero-order chi connectivity index (χ0) is 6.95. The van der Waals surface area contributed by atoms with Crippen LogP contribution in [0.5, 0.6) is 0 Å². The molecule has 50 valence electrons. The molecule has 0 saturated heterocycles. The third-order valence-electron chi connectivity index (χ3n) is 0.704. The number of thioether (sulfide) groups is 1. The van der Waals surface area contributed by atoms with Crippen LogP contribution in [0.25, 0.3) is 0 Å². The smallest absolute Gasteiger partial charge is 0.0585 e. The lowest BCUT2D eigenvalue weighted by Gasteiger charge is -1.81. The van der Waals surface area contributed by atoms with Crippen molar-refractivity contribution in [3.8, 4) is 0 Å². The van der Waals surface area contributed by atoms with Crippen molar-refractivity contribution in [1.82, 2.24) is 0 Å². The van der Waals surface area contributed by atoms with Crippen molar-refractivity contribution in [1.29, 1.82) is 0 Å². The second-order valence-electron chi connectivity index (χ2n) is 1.37. The lowest BCUT2D eigenvalue weighted by atomic mass is 10.4. The first-order chi connectivity index (χ1) is 4.41. The molecule has 9 heavy (non-hydrogen) atoms. The van der Waals surface area contributed by atoms with Crippen molar-refractivity contribution < 1.29 is 0 Å². The van der Waals surface area contributed by atoms with Crippen molar-refractivity contribution in [3.05, 3.63) is 11.5 Å². The van der Waals surface area contributed by atoms with Gasteiger partial charge in [-0.05, 0) is 30.3 Å². The van der Waals surface area contributed by atoms with E-state index in [1.54, 1.807) is 11.8 Å². The van der Waals surface area contributed by atoms with Crippen LogP contribution in [-0.2, 0) is 0 Å². The lowest BCUT2D eigenvalue weighted by molar-refractivity contribution is 1.02. The quantitative estimate of drug-likeness (QED) is 0.355. The summed E-state index contributed by atoms with van der Waals surface area (Å²) in [6.45, 7) is 0.764. The van der Waals surface area contributed by atoms with Crippen LogP contribution < -0.4 is 0 Å². The van der Waals surface area contributed by atoms with E-state index >= 15 is 0 Å². The van der Waals surface area contributed by atoms with Crippen LogP contribution in [0.4, 0.5) is 0 Å². The van der Waals surface area contributed by atoms with Crippen LogP contribution in [0, 0.1) is 0 Å². The highest BCUT2D eigenvalue weighted by atomic mass is 32.2. The van der Waals surface area contributed by atoms with Crippen molar-refractivity contribution in [2.75, 3.05) is 12.8 Å². The van der Waals surface area contributed by atoms with Gasteiger partial charge in [0.2, 0.25) is 0 Å². The van der Waals surface area contributed by atoms with Gasteiger partial charge >= 0.3 is 0 Å². The number of aliphatic imine (C=N–C) groups is 1. The minimum Gasteiger partial charge on any atom is -0.232 e. The summed E-state index contributed by atoms with van der Waals surface area (Å²) < 4.78 is 0. The van der Waals surface area contributed by atoms with E-state index in [4.69, 9.17) is 0 Å². The first-order valence-corrected chi connectivity index (χ1v) is 4.33. The van der Waals surface area contributed by atoms with E-state index in [1.807, 2.05) is 11.7 Å². The topological polar surface area (TPSA) is 12.4 Å². The highest BCUT2D eigenvalue weighted by Crippen LogP contribution is 1.94. The molecule has 0 amide bonds. The van der Waals surface area contributed by atoms with Gasteiger partial charge in [-0.25, -0.2) is 4.99 Å². The molecule has 0 radical (unpaired) electrons. The van der Waals surface area contributed by atoms with Crippen molar-refractivity contribution in [2.45, 2.75) is 6.42 Å². The third-order valence-corrected chi connectivity index (χ3v) is 1.30. The molecular formula is C6H9NS2. The Morgan fingerprint density at radius 2 is 2.56 bits per heavy atom. The fourth-order valence-corrected chi connectivity index (χ4v) is 0.769. The zero-order valence-corrected chi connectivity index (χ0v) is 6.97. The Bertz CT molecular complexity index is 125. The van der Waals surface area contributed by atoms with Gasteiger partial charge in [-0.1, -0.05) is 6.08 Å². The van der Waals surface area contributed by atoms with Gasteiger partial charge in [0.1, 0.15) is 0 Å². The lowest BCUT2D eigenvalue weighted by Crippen LogP contribution is -1.72. The Hall–Kier alpha value is -0.110. The van der Waals surface area contributed by atoms with Gasteiger partial charge in [0.15, 0.2) is 0 Å². The van der Waals surface area contributed by atoms with E-state index in [0.29, 0.717) is 0 Å². The Balaban J connectivity index is 3.08. The van der Waals surface area contributed by atoms with Crippen LogP contribution in [0.2, 0.25) is 0 Å². The third kappa shape index (κ3) is 7.89. The summed E-state index contributed by atoms with van der Waals surface area (Å²) in [6.07, 6.45) is 5.06. The summed E-state index contributed by atoms with van der Waals surface area (Å²) in [4.78, 5) is 3.75. The van der Waals surface area contributed by atoms with E-state index < -0.39 is 0 Å². The predicted molar refractivity (Wildman–Crippen MR) is 47.2 cm³/mol. The molecule has 3 heteroatoms. The van der Waals surface area contributed by atoms with Crippen LogP contribution in [0.15, 0.2) is 16.5 Å². The number of hydrogen-bond acceptors (Lipinski definition) is 3. The summed E-state index contributed by atoms with van der Waals surface area (Å²) in [5, 5.41) is 4.35. The summed E-state index contributed by atoms with van der Waals surface area (Å²) in [7, 11) is 0. The number of nitrogens with zero attached hydrogens (tertiary/aromatic N) is 1. The molecule has 0 unspecified atom stereocenters. The first kappa shape index (κ1) is 8.89. The molecule has 0 aliphatic heterocycles. The second-order valence-corrected chi connectivity index (χ2v) is 2.30. The standard InChI is InChI=1S/C6H9NS2/c1-9-5-3-2-4-7-6-8/h3,5H,2,4H2,1H3/b5-3+. The number of isothiocyanates is 1. The Morgan fingerprint density at radius 1 is 1.78 bits per heavy atom. The molecule has 0 rings (SSSR count). The van der Waals surface area contributed by atoms with E-state index in [1.165, 1.54) is 0 Å². The van der Waals surface area contributed by atoms with Gasteiger partial charge in [-0.15, -0.1) is 11.8 Å². The summed E-state index contributed by atoms with van der Waals surface area (Å²) >= 11 is 6.08. The normalized spacial score (nSPS) is 9.44. The van der Waals surface area contributed by atoms with E-state index in [0.717, 1.165) is 13.0 Å². The van der Waals surface area contributed by atoms with Crippen molar-refractivity contribution >= 4 is 29.1 Å². The maximum atomic E-state index is 4.38. The van der Waals surface area contributed by atoms with Gasteiger partial charge in [0, 0.05) is 0 Å². The molecule has 0 aromatic heterocycles. The molecule has 0 aromatic carbocycles. The van der Waals surface area contributed by atoms with Crippen molar-refractivity contribution in [3.63, 3.8) is 0 Å². The first-order valence-electron chi connectivity index (χ1n) is 2.63. The molecular weight excluding hydrogens is 150 g/mol. The molecule has 0 saturated carbocycles. The second kappa shape index (κ2) is 7.89. The van der Waals surface area contributed by atoms with Crippen LogP contribution in [0.3, 0.4) is 0 Å². The predicted octanol–water partition coefficient (Wildman–Crippen LogP) is 2.36. The van der Waals surface area contributed by atoms with Gasteiger partial charge in [0.25, 0.3) is 0 Å². The zero-order valence-electron chi connectivity index (χ0n) is 5.33. The molecule has 0 spiro atoms.